The summed E-state index contributed by atoms with van der Waals surface area (Å²) in [4.78, 5) is 17.3. The molecule has 1 aliphatic heterocycles. The average Bonchev–Trinajstić information content (AvgIpc) is 2.44. The van der Waals surface area contributed by atoms with Crippen LogP contribution >= 0.6 is 12.2 Å². The van der Waals surface area contributed by atoms with Crippen LogP contribution in [0, 0.1) is 6.92 Å². The predicted molar refractivity (Wildman–Crippen MR) is 62.4 cm³/mol. The number of anilines is 1. The van der Waals surface area contributed by atoms with Gasteiger partial charge in [0.2, 0.25) is 0 Å². The highest BCUT2D eigenvalue weighted by Crippen LogP contribution is 2.37. The predicted octanol–water partition coefficient (Wildman–Crippen LogP) is 2.12. The number of nitrogens with zero attached hydrogens (tertiary/aromatic N) is 2. The van der Waals surface area contributed by atoms with Crippen molar-refractivity contribution in [2.24, 2.45) is 4.99 Å². The Morgan fingerprint density at radius 2 is 2.27 bits per heavy atom. The van der Waals surface area contributed by atoms with Crippen LogP contribution in [0.5, 0.6) is 0 Å². The van der Waals surface area contributed by atoms with Crippen molar-refractivity contribution in [3.63, 3.8) is 0 Å². The molecule has 1 amide bonds. The molecule has 0 aliphatic carbocycles. The minimum Gasteiger partial charge on any atom is -0.313 e. The van der Waals surface area contributed by atoms with Gasteiger partial charge in [0.25, 0.3) is 5.91 Å². The summed E-state index contributed by atoms with van der Waals surface area (Å²) < 4.78 is 0. The van der Waals surface area contributed by atoms with Crippen LogP contribution in [0.15, 0.2) is 23.2 Å². The van der Waals surface area contributed by atoms with Crippen molar-refractivity contribution >= 4 is 29.0 Å². The molecule has 1 heterocycles. The van der Waals surface area contributed by atoms with Crippen LogP contribution in [0.25, 0.3) is 0 Å². The zero-order chi connectivity index (χ0) is 11.0. The van der Waals surface area contributed by atoms with Gasteiger partial charge in [0.15, 0.2) is 6.04 Å². The zero-order valence-electron chi connectivity index (χ0n) is 8.52. The molecule has 1 aliphatic rings. The van der Waals surface area contributed by atoms with E-state index in [1.54, 1.807) is 11.9 Å². The molecule has 0 bridgehead atoms. The summed E-state index contributed by atoms with van der Waals surface area (Å²) >= 11 is 4.55. The van der Waals surface area contributed by atoms with Gasteiger partial charge in [-0.3, -0.25) is 4.79 Å². The quantitative estimate of drug-likeness (QED) is 0.534. The third kappa shape index (κ3) is 1.48. The van der Waals surface area contributed by atoms with E-state index in [-0.39, 0.29) is 5.91 Å². The molecule has 2 rings (SSSR count). The van der Waals surface area contributed by atoms with E-state index in [0.29, 0.717) is 0 Å². The van der Waals surface area contributed by atoms with Crippen molar-refractivity contribution in [2.45, 2.75) is 13.0 Å². The summed E-state index contributed by atoms with van der Waals surface area (Å²) in [6, 6.07) is 5.38. The minimum absolute atomic E-state index is 0.0482. The molecule has 0 saturated heterocycles. The van der Waals surface area contributed by atoms with Gasteiger partial charge in [-0.15, -0.1) is 0 Å². The van der Waals surface area contributed by atoms with Crippen LogP contribution in [-0.4, -0.2) is 18.1 Å². The van der Waals surface area contributed by atoms with Crippen molar-refractivity contribution in [2.75, 3.05) is 11.9 Å². The second-order valence-electron chi connectivity index (χ2n) is 3.58. The van der Waals surface area contributed by atoms with Crippen LogP contribution < -0.4 is 4.90 Å². The molecule has 1 aromatic rings. The van der Waals surface area contributed by atoms with Crippen molar-refractivity contribution in [1.29, 1.82) is 0 Å². The molecule has 0 saturated carbocycles. The van der Waals surface area contributed by atoms with Crippen LogP contribution in [0.4, 0.5) is 5.69 Å². The smallest absolute Gasteiger partial charge is 0.257 e. The Balaban J connectivity index is 2.61. The summed E-state index contributed by atoms with van der Waals surface area (Å²) in [5.74, 6) is -0.0482. The number of aryl methyl sites for hydroxylation is 1. The number of fused-ring (bicyclic) bond motifs is 1. The first-order valence-corrected chi connectivity index (χ1v) is 5.01. The lowest BCUT2D eigenvalue weighted by Gasteiger charge is -2.08. The highest BCUT2D eigenvalue weighted by molar-refractivity contribution is 7.78. The van der Waals surface area contributed by atoms with Gasteiger partial charge in [0.05, 0.1) is 5.16 Å². The number of hydrogen-bond acceptors (Lipinski definition) is 3. The number of benzene rings is 1. The normalized spacial score (nSPS) is 18.7. The fourth-order valence-corrected chi connectivity index (χ4v) is 1.92. The number of carbonyl (C=O) groups excluding carboxylic acids is 1. The first-order valence-electron chi connectivity index (χ1n) is 4.60. The molecular weight excluding hydrogens is 208 g/mol. The fourth-order valence-electron chi connectivity index (χ4n) is 1.81. The van der Waals surface area contributed by atoms with Gasteiger partial charge in [-0.1, -0.05) is 17.7 Å². The van der Waals surface area contributed by atoms with E-state index in [1.165, 1.54) is 0 Å². The third-order valence-corrected chi connectivity index (χ3v) is 2.69. The molecule has 4 heteroatoms. The van der Waals surface area contributed by atoms with Gasteiger partial charge in [-0.2, -0.15) is 0 Å². The Labute approximate surface area is 93.4 Å². The SMILES string of the molecule is Cc1ccc2c(c1)C(N=C=S)C(=O)N2C. The highest BCUT2D eigenvalue weighted by Gasteiger charge is 2.34. The lowest BCUT2D eigenvalue weighted by Crippen LogP contribution is -2.23. The summed E-state index contributed by atoms with van der Waals surface area (Å²) in [6.45, 7) is 1.99. The molecule has 1 unspecified atom stereocenters. The van der Waals surface area contributed by atoms with E-state index in [4.69, 9.17) is 0 Å². The molecule has 0 aromatic heterocycles. The number of thiocarbonyl (C=S) groups is 1. The molecule has 0 fully saturated rings. The highest BCUT2D eigenvalue weighted by atomic mass is 32.1. The number of carbonyl (C=O) groups is 1. The van der Waals surface area contributed by atoms with Gasteiger partial charge in [0.1, 0.15) is 0 Å². The lowest BCUT2D eigenvalue weighted by atomic mass is 10.1. The molecule has 76 valence electrons. The molecule has 3 nitrogen and oxygen atoms in total. The Kier molecular flexibility index (Phi) is 2.39. The number of likely N-dealkylation sites (N-methyl/N-ethyl adjacent to an activating group) is 1. The van der Waals surface area contributed by atoms with E-state index in [9.17, 15) is 4.79 Å². The van der Waals surface area contributed by atoms with E-state index in [2.05, 4.69) is 22.4 Å². The summed E-state index contributed by atoms with van der Waals surface area (Å²) in [5, 5.41) is 2.28. The number of rotatable bonds is 1. The zero-order valence-corrected chi connectivity index (χ0v) is 9.34. The van der Waals surface area contributed by atoms with Gasteiger partial charge >= 0.3 is 0 Å². The summed E-state index contributed by atoms with van der Waals surface area (Å²) in [6.07, 6.45) is 0. The van der Waals surface area contributed by atoms with Crippen molar-refractivity contribution in [3.05, 3.63) is 29.3 Å². The van der Waals surface area contributed by atoms with Gasteiger partial charge in [-0.05, 0) is 25.2 Å². The third-order valence-electron chi connectivity index (χ3n) is 2.59. The van der Waals surface area contributed by atoms with Crippen molar-refractivity contribution in [1.82, 2.24) is 0 Å². The standard InChI is InChI=1S/C11H10N2OS/c1-7-3-4-9-8(5-7)10(12-6-15)11(14)13(9)2/h3-5,10H,1-2H3. The maximum atomic E-state index is 11.8. The van der Waals surface area contributed by atoms with Gasteiger partial charge in [-0.25, -0.2) is 4.99 Å². The Hall–Kier alpha value is -1.51. The largest absolute Gasteiger partial charge is 0.313 e. The molecule has 1 aromatic carbocycles. The lowest BCUT2D eigenvalue weighted by molar-refractivity contribution is -0.118. The first kappa shape index (κ1) is 10.0. The number of aliphatic imine (C=N–C) groups is 1. The molecular formula is C11H10N2OS. The summed E-state index contributed by atoms with van der Waals surface area (Å²) in [7, 11) is 1.75. The van der Waals surface area contributed by atoms with Gasteiger partial charge < -0.3 is 4.90 Å². The first-order chi connectivity index (χ1) is 7.15. The van der Waals surface area contributed by atoms with E-state index < -0.39 is 6.04 Å². The number of amides is 1. The maximum absolute atomic E-state index is 11.8. The molecule has 0 N–H and O–H groups in total. The topological polar surface area (TPSA) is 32.7 Å². The number of isothiocyanates is 1. The molecule has 15 heavy (non-hydrogen) atoms. The van der Waals surface area contributed by atoms with Crippen molar-refractivity contribution in [3.8, 4) is 0 Å². The van der Waals surface area contributed by atoms with Crippen LogP contribution in [0.2, 0.25) is 0 Å². The van der Waals surface area contributed by atoms with E-state index >= 15 is 0 Å². The van der Waals surface area contributed by atoms with Crippen LogP contribution in [0.3, 0.4) is 0 Å². The second-order valence-corrected chi connectivity index (χ2v) is 3.77. The maximum Gasteiger partial charge on any atom is 0.257 e. The van der Waals surface area contributed by atoms with Crippen LogP contribution in [-0.2, 0) is 4.79 Å². The number of hydrogen-bond donors (Lipinski definition) is 0. The summed E-state index contributed by atoms with van der Waals surface area (Å²) in [5.41, 5.74) is 2.94. The van der Waals surface area contributed by atoms with E-state index in [1.807, 2.05) is 25.1 Å². The molecule has 1 atom stereocenters. The van der Waals surface area contributed by atoms with E-state index in [0.717, 1.165) is 16.8 Å². The van der Waals surface area contributed by atoms with Gasteiger partial charge in [0, 0.05) is 18.3 Å². The monoisotopic (exact) mass is 218 g/mol. The second kappa shape index (κ2) is 3.57. The Morgan fingerprint density at radius 3 is 2.93 bits per heavy atom. The van der Waals surface area contributed by atoms with Crippen LogP contribution in [0.1, 0.15) is 17.2 Å². The molecule has 0 spiro atoms. The fraction of sp³-hybridized carbons (Fsp3) is 0.273. The molecule has 0 radical (unpaired) electrons. The average molecular weight is 218 g/mol. The Morgan fingerprint density at radius 1 is 1.53 bits per heavy atom. The van der Waals surface area contributed by atoms with Crippen molar-refractivity contribution < 1.29 is 4.79 Å². The Bertz CT molecular complexity index is 477. The minimum atomic E-state index is -0.498.